The Bertz CT molecular complexity index is 211. The van der Waals surface area contributed by atoms with Crippen LogP contribution in [0.4, 0.5) is 8.78 Å². The minimum Gasteiger partial charge on any atom is -0.383 e. The first-order chi connectivity index (χ1) is 7.08. The fourth-order valence-electron chi connectivity index (χ4n) is 2.74. The first kappa shape index (κ1) is 12.8. The molecule has 2 heterocycles. The minimum absolute atomic E-state index is 0.0200. The lowest BCUT2D eigenvalue weighted by Gasteiger charge is -2.29. The maximum absolute atomic E-state index is 13.1. The number of halogens is 2. The summed E-state index contributed by atoms with van der Waals surface area (Å²) in [7, 11) is 1.59. The standard InChI is InChI=1S/C9H15F2NO.C2H6/c1-13-7-8-3-2-4-12(8)6-9(10,11)5-8;1-2/h2-7H2,1H3;1-2H3/t8-;/m0./s1. The molecule has 2 fully saturated rings. The van der Waals surface area contributed by atoms with E-state index in [-0.39, 0.29) is 18.5 Å². The van der Waals surface area contributed by atoms with Crippen LogP contribution in [0.1, 0.15) is 33.1 Å². The van der Waals surface area contributed by atoms with Crippen molar-refractivity contribution in [2.75, 3.05) is 26.8 Å². The van der Waals surface area contributed by atoms with E-state index in [1.165, 1.54) is 0 Å². The molecule has 0 radical (unpaired) electrons. The van der Waals surface area contributed by atoms with E-state index < -0.39 is 5.92 Å². The summed E-state index contributed by atoms with van der Waals surface area (Å²) in [5.41, 5.74) is -0.349. The molecule has 2 saturated heterocycles. The van der Waals surface area contributed by atoms with E-state index in [9.17, 15) is 8.78 Å². The zero-order chi connectivity index (χ0) is 11.5. The molecule has 1 atom stereocenters. The van der Waals surface area contributed by atoms with Crippen LogP contribution >= 0.6 is 0 Å². The average molecular weight is 221 g/mol. The molecule has 0 aromatic heterocycles. The quantitative estimate of drug-likeness (QED) is 0.710. The second-order valence-corrected chi connectivity index (χ2v) is 4.22. The molecular weight excluding hydrogens is 200 g/mol. The summed E-state index contributed by atoms with van der Waals surface area (Å²) in [5.74, 6) is -2.50. The molecule has 2 aliphatic heterocycles. The van der Waals surface area contributed by atoms with E-state index in [2.05, 4.69) is 0 Å². The molecule has 15 heavy (non-hydrogen) atoms. The Morgan fingerprint density at radius 3 is 2.60 bits per heavy atom. The number of rotatable bonds is 2. The van der Waals surface area contributed by atoms with Gasteiger partial charge in [-0.2, -0.15) is 0 Å². The Kier molecular flexibility index (Phi) is 4.06. The number of ether oxygens (including phenoxy) is 1. The first-order valence-electron chi connectivity index (χ1n) is 5.70. The molecule has 0 bridgehead atoms. The number of hydrogen-bond donors (Lipinski definition) is 0. The normalized spacial score (nSPS) is 33.4. The zero-order valence-corrected chi connectivity index (χ0v) is 9.85. The van der Waals surface area contributed by atoms with Gasteiger partial charge in [-0.05, 0) is 19.4 Å². The van der Waals surface area contributed by atoms with Crippen LogP contribution in [-0.4, -0.2) is 43.2 Å². The van der Waals surface area contributed by atoms with Crippen LogP contribution < -0.4 is 0 Å². The minimum atomic E-state index is -2.50. The highest BCUT2D eigenvalue weighted by Crippen LogP contribution is 2.45. The predicted octanol–water partition coefficient (Wildman–Crippen LogP) is 2.53. The van der Waals surface area contributed by atoms with Gasteiger partial charge in [0.1, 0.15) is 0 Å². The second-order valence-electron chi connectivity index (χ2n) is 4.22. The van der Waals surface area contributed by atoms with E-state index in [1.54, 1.807) is 7.11 Å². The highest BCUT2D eigenvalue weighted by Gasteiger charge is 2.56. The molecule has 0 N–H and O–H groups in total. The van der Waals surface area contributed by atoms with Crippen LogP contribution in [0.15, 0.2) is 0 Å². The van der Waals surface area contributed by atoms with Gasteiger partial charge in [0, 0.05) is 13.5 Å². The maximum atomic E-state index is 13.1. The average Bonchev–Trinajstić information content (AvgIpc) is 2.60. The van der Waals surface area contributed by atoms with Crippen molar-refractivity contribution in [1.29, 1.82) is 0 Å². The van der Waals surface area contributed by atoms with Gasteiger partial charge in [0.05, 0.1) is 18.7 Å². The third kappa shape index (κ3) is 2.48. The Labute approximate surface area is 90.6 Å². The van der Waals surface area contributed by atoms with E-state index in [1.807, 2.05) is 18.7 Å². The number of nitrogens with zero attached hydrogens (tertiary/aromatic N) is 1. The molecule has 2 nitrogen and oxygen atoms in total. The summed E-state index contributed by atoms with van der Waals surface area (Å²) >= 11 is 0. The summed E-state index contributed by atoms with van der Waals surface area (Å²) in [6.45, 7) is 5.18. The fraction of sp³-hybridized carbons (Fsp3) is 1.00. The van der Waals surface area contributed by atoms with E-state index in [4.69, 9.17) is 4.74 Å². The summed E-state index contributed by atoms with van der Waals surface area (Å²) in [6, 6.07) is 0. The summed E-state index contributed by atoms with van der Waals surface area (Å²) in [4.78, 5) is 1.90. The van der Waals surface area contributed by atoms with Gasteiger partial charge in [-0.3, -0.25) is 4.90 Å². The molecule has 0 saturated carbocycles. The first-order valence-corrected chi connectivity index (χ1v) is 5.70. The Hall–Kier alpha value is -0.220. The molecule has 0 aromatic carbocycles. The Morgan fingerprint density at radius 1 is 1.33 bits per heavy atom. The topological polar surface area (TPSA) is 12.5 Å². The van der Waals surface area contributed by atoms with Crippen molar-refractivity contribution in [2.45, 2.75) is 44.6 Å². The lowest BCUT2D eigenvalue weighted by atomic mass is 9.94. The Balaban J connectivity index is 0.000000531. The zero-order valence-electron chi connectivity index (χ0n) is 9.85. The summed E-state index contributed by atoms with van der Waals surface area (Å²) in [5, 5.41) is 0. The molecule has 2 aliphatic rings. The van der Waals surface area contributed by atoms with Crippen molar-refractivity contribution in [1.82, 2.24) is 4.90 Å². The van der Waals surface area contributed by atoms with Gasteiger partial charge < -0.3 is 4.74 Å². The summed E-state index contributed by atoms with van der Waals surface area (Å²) < 4.78 is 31.3. The highest BCUT2D eigenvalue weighted by atomic mass is 19.3. The van der Waals surface area contributed by atoms with E-state index in [0.29, 0.717) is 6.61 Å². The second kappa shape index (κ2) is 4.74. The monoisotopic (exact) mass is 221 g/mol. The van der Waals surface area contributed by atoms with Gasteiger partial charge in [0.15, 0.2) is 0 Å². The summed E-state index contributed by atoms with van der Waals surface area (Å²) in [6.07, 6.45) is 1.86. The molecule has 0 amide bonds. The molecule has 4 heteroatoms. The van der Waals surface area contributed by atoms with E-state index in [0.717, 1.165) is 19.4 Å². The van der Waals surface area contributed by atoms with Crippen molar-refractivity contribution < 1.29 is 13.5 Å². The molecule has 0 unspecified atom stereocenters. The number of alkyl halides is 2. The van der Waals surface area contributed by atoms with Crippen LogP contribution in [0.25, 0.3) is 0 Å². The van der Waals surface area contributed by atoms with Crippen molar-refractivity contribution >= 4 is 0 Å². The van der Waals surface area contributed by atoms with Gasteiger partial charge in [-0.15, -0.1) is 0 Å². The van der Waals surface area contributed by atoms with Crippen molar-refractivity contribution in [3.8, 4) is 0 Å². The predicted molar refractivity (Wildman–Crippen MR) is 56.3 cm³/mol. The highest BCUT2D eigenvalue weighted by molar-refractivity contribution is 5.06. The fourth-order valence-corrected chi connectivity index (χ4v) is 2.74. The van der Waals surface area contributed by atoms with Crippen LogP contribution in [0.3, 0.4) is 0 Å². The smallest absolute Gasteiger partial charge is 0.262 e. The third-order valence-electron chi connectivity index (χ3n) is 3.16. The molecule has 0 aliphatic carbocycles. The van der Waals surface area contributed by atoms with Crippen LogP contribution in [-0.2, 0) is 4.74 Å². The number of methoxy groups -OCH3 is 1. The van der Waals surface area contributed by atoms with Gasteiger partial charge in [0.25, 0.3) is 5.92 Å². The van der Waals surface area contributed by atoms with Gasteiger partial charge in [-0.25, -0.2) is 8.78 Å². The van der Waals surface area contributed by atoms with Crippen LogP contribution in [0, 0.1) is 0 Å². The lowest BCUT2D eigenvalue weighted by Crippen LogP contribution is -2.42. The van der Waals surface area contributed by atoms with Gasteiger partial charge >= 0.3 is 0 Å². The number of fused-ring (bicyclic) bond motifs is 1. The number of hydrogen-bond acceptors (Lipinski definition) is 2. The van der Waals surface area contributed by atoms with Crippen molar-refractivity contribution in [2.24, 2.45) is 0 Å². The van der Waals surface area contributed by atoms with Gasteiger partial charge in [0.2, 0.25) is 0 Å². The lowest BCUT2D eigenvalue weighted by molar-refractivity contribution is 0.00618. The van der Waals surface area contributed by atoms with Crippen molar-refractivity contribution in [3.63, 3.8) is 0 Å². The SMILES string of the molecule is CC.COC[C@@]12CCCN1CC(F)(F)C2. The largest absolute Gasteiger partial charge is 0.383 e. The molecule has 0 spiro atoms. The van der Waals surface area contributed by atoms with E-state index >= 15 is 0 Å². The Morgan fingerprint density at radius 2 is 2.00 bits per heavy atom. The third-order valence-corrected chi connectivity index (χ3v) is 3.16. The van der Waals surface area contributed by atoms with Crippen LogP contribution in [0.5, 0.6) is 0 Å². The van der Waals surface area contributed by atoms with Gasteiger partial charge in [-0.1, -0.05) is 13.8 Å². The van der Waals surface area contributed by atoms with Crippen molar-refractivity contribution in [3.05, 3.63) is 0 Å². The molecule has 0 aromatic rings. The molecule has 90 valence electrons. The van der Waals surface area contributed by atoms with Crippen LogP contribution in [0.2, 0.25) is 0 Å². The molecular formula is C11H21F2NO. The molecule has 2 rings (SSSR count). The maximum Gasteiger partial charge on any atom is 0.262 e.